The van der Waals surface area contributed by atoms with E-state index in [0.29, 0.717) is 11.5 Å². The molecule has 0 fully saturated rings. The Morgan fingerprint density at radius 2 is 1.83 bits per heavy atom. The Bertz CT molecular complexity index is 716. The lowest BCUT2D eigenvalue weighted by atomic mass is 10.3. The van der Waals surface area contributed by atoms with Crippen LogP contribution in [0.2, 0.25) is 0 Å². The molecule has 0 bridgehead atoms. The first-order valence-corrected chi connectivity index (χ1v) is 7.20. The zero-order valence-electron chi connectivity index (χ0n) is 12.0. The summed E-state index contributed by atoms with van der Waals surface area (Å²) in [7, 11) is 1.39. The van der Waals surface area contributed by atoms with E-state index in [2.05, 4.69) is 15.9 Å². The molecule has 120 valence electrons. The molecule has 0 N–H and O–H groups in total. The molecule has 0 saturated heterocycles. The van der Waals surface area contributed by atoms with E-state index in [1.807, 2.05) is 0 Å². The van der Waals surface area contributed by atoms with E-state index in [1.165, 1.54) is 25.3 Å². The smallest absolute Gasteiger partial charge is 0.349 e. The van der Waals surface area contributed by atoms with Crippen molar-refractivity contribution < 1.29 is 23.9 Å². The fourth-order valence-corrected chi connectivity index (χ4v) is 1.94. The number of nitro groups is 1. The third-order valence-corrected chi connectivity index (χ3v) is 3.29. The number of carbonyl (C=O) groups excluding carboxylic acids is 1. The maximum Gasteiger partial charge on any atom is 0.349 e. The molecule has 8 heteroatoms. The van der Waals surface area contributed by atoms with Crippen molar-refractivity contribution in [3.05, 3.63) is 57.1 Å². The van der Waals surface area contributed by atoms with Crippen LogP contribution in [0.4, 0.5) is 5.69 Å². The summed E-state index contributed by atoms with van der Waals surface area (Å²) in [5.41, 5.74) is -0.360. The lowest BCUT2D eigenvalue weighted by Gasteiger charge is -2.08. The molecule has 2 aromatic carbocycles. The first kappa shape index (κ1) is 16.8. The van der Waals surface area contributed by atoms with E-state index in [-0.39, 0.29) is 18.0 Å². The molecule has 0 amide bonds. The van der Waals surface area contributed by atoms with Crippen molar-refractivity contribution in [2.75, 3.05) is 13.7 Å². The first-order chi connectivity index (χ1) is 11.0. The van der Waals surface area contributed by atoms with Crippen molar-refractivity contribution in [2.45, 2.75) is 0 Å². The molecule has 0 atom stereocenters. The highest BCUT2D eigenvalue weighted by Crippen LogP contribution is 2.31. The standard InChI is InChI=1S/C15H12BrNO6/c1-21-12-6-7-14(13(8-12)17(19)20)23-15(18)9-22-11-4-2-10(16)3-5-11/h2-8H,9H2,1H3. The van der Waals surface area contributed by atoms with E-state index in [1.54, 1.807) is 24.3 Å². The van der Waals surface area contributed by atoms with Crippen LogP contribution in [-0.2, 0) is 4.79 Å². The topological polar surface area (TPSA) is 87.9 Å². The average Bonchev–Trinajstić information content (AvgIpc) is 2.54. The lowest BCUT2D eigenvalue weighted by Crippen LogP contribution is -2.18. The summed E-state index contributed by atoms with van der Waals surface area (Å²) in [6, 6.07) is 10.8. The predicted octanol–water partition coefficient (Wildman–Crippen LogP) is 3.35. The Hall–Kier alpha value is -2.61. The van der Waals surface area contributed by atoms with E-state index < -0.39 is 10.9 Å². The van der Waals surface area contributed by atoms with Crippen LogP contribution in [0.15, 0.2) is 46.9 Å². The van der Waals surface area contributed by atoms with Crippen molar-refractivity contribution >= 4 is 27.6 Å². The number of halogens is 1. The van der Waals surface area contributed by atoms with Gasteiger partial charge in [0.15, 0.2) is 6.61 Å². The number of nitrogens with zero attached hydrogens (tertiary/aromatic N) is 1. The molecular formula is C15H12BrNO6. The minimum absolute atomic E-state index is 0.166. The van der Waals surface area contributed by atoms with Crippen molar-refractivity contribution in [3.8, 4) is 17.2 Å². The van der Waals surface area contributed by atoms with Crippen LogP contribution < -0.4 is 14.2 Å². The number of hydrogen-bond acceptors (Lipinski definition) is 6. The number of nitro benzene ring substituents is 1. The van der Waals surface area contributed by atoms with Gasteiger partial charge in [-0.15, -0.1) is 0 Å². The second kappa shape index (κ2) is 7.59. The van der Waals surface area contributed by atoms with Gasteiger partial charge in [-0.3, -0.25) is 10.1 Å². The van der Waals surface area contributed by atoms with Crippen LogP contribution >= 0.6 is 15.9 Å². The molecule has 7 nitrogen and oxygen atoms in total. The second-order valence-electron chi connectivity index (χ2n) is 4.31. The molecule has 0 radical (unpaired) electrons. The number of rotatable bonds is 6. The van der Waals surface area contributed by atoms with E-state index in [4.69, 9.17) is 14.2 Å². The van der Waals surface area contributed by atoms with Crippen LogP contribution in [0, 0.1) is 10.1 Å². The predicted molar refractivity (Wildman–Crippen MR) is 84.9 cm³/mol. The van der Waals surface area contributed by atoms with Crippen molar-refractivity contribution in [2.24, 2.45) is 0 Å². The zero-order valence-corrected chi connectivity index (χ0v) is 13.6. The van der Waals surface area contributed by atoms with Gasteiger partial charge in [0.1, 0.15) is 11.5 Å². The number of benzene rings is 2. The Kier molecular flexibility index (Phi) is 5.53. The molecule has 0 aliphatic heterocycles. The average molecular weight is 382 g/mol. The summed E-state index contributed by atoms with van der Waals surface area (Å²) in [4.78, 5) is 22.1. The number of methoxy groups -OCH3 is 1. The SMILES string of the molecule is COc1ccc(OC(=O)COc2ccc(Br)cc2)c([N+](=O)[O-])c1. The third-order valence-electron chi connectivity index (χ3n) is 2.76. The number of hydrogen-bond donors (Lipinski definition) is 0. The van der Waals surface area contributed by atoms with Crippen LogP contribution in [0.3, 0.4) is 0 Å². The third kappa shape index (κ3) is 4.68. The summed E-state index contributed by atoms with van der Waals surface area (Å²) in [6.07, 6.45) is 0. The van der Waals surface area contributed by atoms with Crippen LogP contribution in [0.25, 0.3) is 0 Å². The van der Waals surface area contributed by atoms with Gasteiger partial charge in [0, 0.05) is 4.47 Å². The lowest BCUT2D eigenvalue weighted by molar-refractivity contribution is -0.385. The van der Waals surface area contributed by atoms with E-state index >= 15 is 0 Å². The number of ether oxygens (including phenoxy) is 3. The largest absolute Gasteiger partial charge is 0.496 e. The number of esters is 1. The Labute approximate surface area is 140 Å². The molecule has 0 heterocycles. The Morgan fingerprint density at radius 1 is 1.17 bits per heavy atom. The molecule has 0 spiro atoms. The van der Waals surface area contributed by atoms with Gasteiger partial charge >= 0.3 is 11.7 Å². The molecule has 0 aliphatic carbocycles. The van der Waals surface area contributed by atoms with Gasteiger partial charge in [-0.2, -0.15) is 0 Å². The zero-order chi connectivity index (χ0) is 16.8. The van der Waals surface area contributed by atoms with Gasteiger partial charge in [0.05, 0.1) is 18.1 Å². The van der Waals surface area contributed by atoms with Gasteiger partial charge < -0.3 is 14.2 Å². The summed E-state index contributed by atoms with van der Waals surface area (Å²) in [5, 5.41) is 11.0. The summed E-state index contributed by atoms with van der Waals surface area (Å²) in [5.74, 6) is -0.140. The van der Waals surface area contributed by atoms with E-state index in [0.717, 1.165) is 4.47 Å². The summed E-state index contributed by atoms with van der Waals surface area (Å²) >= 11 is 3.28. The van der Waals surface area contributed by atoms with Crippen molar-refractivity contribution in [1.29, 1.82) is 0 Å². The van der Waals surface area contributed by atoms with Gasteiger partial charge in [0.25, 0.3) is 0 Å². The fraction of sp³-hybridized carbons (Fsp3) is 0.133. The maximum atomic E-state index is 11.8. The Balaban J connectivity index is 2.02. The first-order valence-electron chi connectivity index (χ1n) is 6.41. The molecule has 0 aliphatic rings. The van der Waals surface area contributed by atoms with Gasteiger partial charge in [-0.1, -0.05) is 15.9 Å². The van der Waals surface area contributed by atoms with E-state index in [9.17, 15) is 14.9 Å². The minimum atomic E-state index is -0.749. The molecular weight excluding hydrogens is 370 g/mol. The number of carbonyl (C=O) groups is 1. The molecule has 0 aromatic heterocycles. The minimum Gasteiger partial charge on any atom is -0.496 e. The van der Waals surface area contributed by atoms with Gasteiger partial charge in [-0.05, 0) is 36.4 Å². The molecule has 2 rings (SSSR count). The monoisotopic (exact) mass is 381 g/mol. The molecule has 0 unspecified atom stereocenters. The fourth-order valence-electron chi connectivity index (χ4n) is 1.68. The van der Waals surface area contributed by atoms with Gasteiger partial charge in [-0.25, -0.2) is 4.79 Å². The van der Waals surface area contributed by atoms with Crippen LogP contribution in [-0.4, -0.2) is 24.6 Å². The highest BCUT2D eigenvalue weighted by molar-refractivity contribution is 9.10. The van der Waals surface area contributed by atoms with Crippen molar-refractivity contribution in [1.82, 2.24) is 0 Å². The van der Waals surface area contributed by atoms with Gasteiger partial charge in [0.2, 0.25) is 5.75 Å². The quantitative estimate of drug-likeness (QED) is 0.330. The molecule has 2 aromatic rings. The Morgan fingerprint density at radius 3 is 2.43 bits per heavy atom. The highest BCUT2D eigenvalue weighted by atomic mass is 79.9. The second-order valence-corrected chi connectivity index (χ2v) is 5.22. The normalized spacial score (nSPS) is 10.0. The van der Waals surface area contributed by atoms with Crippen LogP contribution in [0.5, 0.6) is 17.2 Å². The van der Waals surface area contributed by atoms with Crippen molar-refractivity contribution in [3.63, 3.8) is 0 Å². The summed E-state index contributed by atoms with van der Waals surface area (Å²) < 4.78 is 16.0. The molecule has 0 saturated carbocycles. The summed E-state index contributed by atoms with van der Waals surface area (Å²) in [6.45, 7) is -0.370. The maximum absolute atomic E-state index is 11.8. The van der Waals surface area contributed by atoms with Crippen LogP contribution in [0.1, 0.15) is 0 Å². The molecule has 23 heavy (non-hydrogen) atoms. The highest BCUT2D eigenvalue weighted by Gasteiger charge is 2.19.